The molecule has 1 saturated heterocycles. The molecule has 0 saturated carbocycles. The Morgan fingerprint density at radius 1 is 1.28 bits per heavy atom. The summed E-state index contributed by atoms with van der Waals surface area (Å²) >= 11 is 7.96. The Kier molecular flexibility index (Phi) is 4.43. The van der Waals surface area contributed by atoms with Gasteiger partial charge in [0.25, 0.3) is 0 Å². The lowest BCUT2D eigenvalue weighted by Crippen LogP contribution is -2.19. The van der Waals surface area contributed by atoms with Gasteiger partial charge in [-0.3, -0.25) is 4.98 Å². The van der Waals surface area contributed by atoms with Crippen LogP contribution in [0.3, 0.4) is 0 Å². The van der Waals surface area contributed by atoms with E-state index in [-0.39, 0.29) is 5.75 Å². The summed E-state index contributed by atoms with van der Waals surface area (Å²) in [5.74, 6) is 1.01. The van der Waals surface area contributed by atoms with Crippen molar-refractivity contribution in [2.75, 3.05) is 18.0 Å². The van der Waals surface area contributed by atoms with Crippen molar-refractivity contribution < 1.29 is 5.11 Å². The Bertz CT molecular complexity index is 923. The predicted octanol–water partition coefficient (Wildman–Crippen LogP) is 4.03. The molecule has 1 fully saturated rings. The molecule has 1 aliphatic heterocycles. The van der Waals surface area contributed by atoms with E-state index in [4.69, 9.17) is 16.6 Å². The summed E-state index contributed by atoms with van der Waals surface area (Å²) < 4.78 is 0. The average molecular weight is 376 g/mol. The second kappa shape index (κ2) is 6.72. The zero-order valence-electron chi connectivity index (χ0n) is 13.8. The van der Waals surface area contributed by atoms with Crippen LogP contribution in [0.1, 0.15) is 25.5 Å². The number of hydrogen-bond donors (Lipinski definition) is 2. The van der Waals surface area contributed by atoms with Gasteiger partial charge in [-0.2, -0.15) is 0 Å². The minimum atomic E-state index is 0.127. The van der Waals surface area contributed by atoms with Crippen LogP contribution in [-0.2, 0) is 6.42 Å². The van der Waals surface area contributed by atoms with Crippen LogP contribution >= 0.6 is 23.4 Å². The van der Waals surface area contributed by atoms with E-state index in [1.165, 1.54) is 18.0 Å². The number of hydrogen-bond acceptors (Lipinski definition) is 6. The van der Waals surface area contributed by atoms with Gasteiger partial charge in [0.1, 0.15) is 17.2 Å². The molecule has 0 amide bonds. The quantitative estimate of drug-likeness (QED) is 0.670. The van der Waals surface area contributed by atoms with Crippen LogP contribution in [-0.4, -0.2) is 38.1 Å². The summed E-state index contributed by atoms with van der Waals surface area (Å²) in [5, 5.41) is 11.8. The molecular weight excluding hydrogens is 358 g/mol. The van der Waals surface area contributed by atoms with Crippen molar-refractivity contribution in [3.8, 4) is 5.75 Å². The van der Waals surface area contributed by atoms with Gasteiger partial charge in [0.2, 0.25) is 0 Å². The third-order valence-electron chi connectivity index (χ3n) is 4.29. The number of halogens is 1. The molecule has 0 aromatic carbocycles. The maximum atomic E-state index is 9.61. The van der Waals surface area contributed by atoms with Crippen molar-refractivity contribution in [2.24, 2.45) is 0 Å². The molecular formula is C17H18ClN5OS. The Morgan fingerprint density at radius 3 is 2.80 bits per heavy atom. The van der Waals surface area contributed by atoms with Crippen molar-refractivity contribution in [2.45, 2.75) is 36.2 Å². The third kappa shape index (κ3) is 3.14. The van der Waals surface area contributed by atoms with Crippen molar-refractivity contribution in [1.29, 1.82) is 0 Å². The molecule has 8 heteroatoms. The van der Waals surface area contributed by atoms with Gasteiger partial charge in [-0.05, 0) is 37.1 Å². The molecule has 3 aromatic rings. The Hall–Kier alpha value is -1.99. The lowest BCUT2D eigenvalue weighted by molar-refractivity contribution is 0.471. The molecule has 0 spiro atoms. The fraction of sp³-hybridized carbons (Fsp3) is 0.353. The molecule has 130 valence electrons. The van der Waals surface area contributed by atoms with E-state index in [1.54, 1.807) is 12.3 Å². The smallest absolute Gasteiger partial charge is 0.196 e. The normalized spacial score (nSPS) is 14.6. The van der Waals surface area contributed by atoms with Crippen molar-refractivity contribution in [3.05, 3.63) is 29.2 Å². The fourth-order valence-electron chi connectivity index (χ4n) is 3.09. The summed E-state index contributed by atoms with van der Waals surface area (Å²) in [5.41, 5.74) is 1.74. The number of nitrogens with zero attached hydrogens (tertiary/aromatic N) is 4. The van der Waals surface area contributed by atoms with Gasteiger partial charge in [-0.25, -0.2) is 9.97 Å². The van der Waals surface area contributed by atoms with E-state index in [9.17, 15) is 5.11 Å². The van der Waals surface area contributed by atoms with Crippen LogP contribution in [0, 0.1) is 0 Å². The van der Waals surface area contributed by atoms with Gasteiger partial charge < -0.3 is 15.0 Å². The number of aromatic amines is 1. The molecule has 0 atom stereocenters. The summed E-state index contributed by atoms with van der Waals surface area (Å²) in [6.45, 7) is 4.02. The number of anilines is 1. The van der Waals surface area contributed by atoms with Gasteiger partial charge in [0.05, 0.1) is 16.6 Å². The first kappa shape index (κ1) is 16.5. The number of pyridine rings is 1. The SMILES string of the molecule is CCc1[nH]c2nc(Sc3cncc(O)c3)nc(N3CCCC3)c2c1Cl. The van der Waals surface area contributed by atoms with Gasteiger partial charge >= 0.3 is 0 Å². The molecule has 0 bridgehead atoms. The maximum absolute atomic E-state index is 9.61. The second-order valence-corrected chi connectivity index (χ2v) is 7.42. The lowest BCUT2D eigenvalue weighted by atomic mass is 10.3. The summed E-state index contributed by atoms with van der Waals surface area (Å²) in [7, 11) is 0. The summed E-state index contributed by atoms with van der Waals surface area (Å²) in [6, 6.07) is 1.65. The van der Waals surface area contributed by atoms with Crippen molar-refractivity contribution >= 4 is 40.2 Å². The van der Waals surface area contributed by atoms with E-state index < -0.39 is 0 Å². The molecule has 0 aliphatic carbocycles. The highest BCUT2D eigenvalue weighted by Gasteiger charge is 2.23. The largest absolute Gasteiger partial charge is 0.506 e. The number of fused-ring (bicyclic) bond motifs is 1. The van der Waals surface area contributed by atoms with Crippen LogP contribution in [0.15, 0.2) is 28.5 Å². The minimum Gasteiger partial charge on any atom is -0.506 e. The first-order valence-electron chi connectivity index (χ1n) is 8.30. The molecule has 1 aliphatic rings. The van der Waals surface area contributed by atoms with E-state index >= 15 is 0 Å². The van der Waals surface area contributed by atoms with E-state index in [2.05, 4.69) is 26.8 Å². The third-order valence-corrected chi connectivity index (χ3v) is 5.53. The average Bonchev–Trinajstić information content (AvgIpc) is 3.23. The molecule has 4 rings (SSSR count). The first-order valence-corrected chi connectivity index (χ1v) is 9.50. The molecule has 3 aromatic heterocycles. The lowest BCUT2D eigenvalue weighted by Gasteiger charge is -2.18. The van der Waals surface area contributed by atoms with Crippen LogP contribution in [0.25, 0.3) is 11.0 Å². The highest BCUT2D eigenvalue weighted by Crippen LogP contribution is 2.37. The Labute approximate surface area is 154 Å². The fourth-order valence-corrected chi connectivity index (χ4v) is 4.21. The molecule has 25 heavy (non-hydrogen) atoms. The summed E-state index contributed by atoms with van der Waals surface area (Å²) in [4.78, 5) is 19.8. The van der Waals surface area contributed by atoms with Crippen molar-refractivity contribution in [3.63, 3.8) is 0 Å². The standard InChI is InChI=1S/C17H18ClN5OS/c1-2-12-14(18)13-15(20-12)21-17(22-16(13)23-5-3-4-6-23)25-11-7-10(24)8-19-9-11/h7-9,24H,2-6H2,1H3,(H,20,21,22). The zero-order chi connectivity index (χ0) is 17.4. The highest BCUT2D eigenvalue weighted by atomic mass is 35.5. The molecule has 0 unspecified atom stereocenters. The predicted molar refractivity (Wildman–Crippen MR) is 99.7 cm³/mol. The van der Waals surface area contributed by atoms with E-state index in [1.807, 2.05) is 0 Å². The van der Waals surface area contributed by atoms with Gasteiger partial charge in [0.15, 0.2) is 5.16 Å². The monoisotopic (exact) mass is 375 g/mol. The molecule has 2 N–H and O–H groups in total. The van der Waals surface area contributed by atoms with Crippen LogP contribution in [0.5, 0.6) is 5.75 Å². The van der Waals surface area contributed by atoms with E-state index in [0.29, 0.717) is 5.16 Å². The Balaban J connectivity index is 1.82. The second-order valence-electron chi connectivity index (χ2n) is 6.00. The number of aromatic nitrogens is 4. The molecule has 0 radical (unpaired) electrons. The van der Waals surface area contributed by atoms with Crippen molar-refractivity contribution in [1.82, 2.24) is 19.9 Å². The van der Waals surface area contributed by atoms with Crippen LogP contribution < -0.4 is 4.90 Å². The molecule has 6 nitrogen and oxygen atoms in total. The summed E-state index contributed by atoms with van der Waals surface area (Å²) in [6.07, 6.45) is 6.22. The zero-order valence-corrected chi connectivity index (χ0v) is 15.4. The van der Waals surface area contributed by atoms with Gasteiger partial charge in [-0.15, -0.1) is 0 Å². The Morgan fingerprint density at radius 2 is 2.08 bits per heavy atom. The number of aromatic hydroxyl groups is 1. The topological polar surface area (TPSA) is 77.9 Å². The number of rotatable bonds is 4. The van der Waals surface area contributed by atoms with Gasteiger partial charge in [0, 0.05) is 29.9 Å². The van der Waals surface area contributed by atoms with E-state index in [0.717, 1.165) is 64.8 Å². The molecule has 4 heterocycles. The number of nitrogens with one attached hydrogen (secondary N) is 1. The minimum absolute atomic E-state index is 0.127. The van der Waals surface area contributed by atoms with Crippen LogP contribution in [0.4, 0.5) is 5.82 Å². The van der Waals surface area contributed by atoms with Gasteiger partial charge in [-0.1, -0.05) is 18.5 Å². The number of H-pyrrole nitrogens is 1. The first-order chi connectivity index (χ1) is 12.2. The van der Waals surface area contributed by atoms with Crippen LogP contribution in [0.2, 0.25) is 5.02 Å². The maximum Gasteiger partial charge on any atom is 0.196 e. The highest BCUT2D eigenvalue weighted by molar-refractivity contribution is 7.99. The number of aryl methyl sites for hydroxylation is 1.